The number of hydrogen-bond donors (Lipinski definition) is 1. The molecule has 0 radical (unpaired) electrons. The molecule has 1 aromatic rings. The lowest BCUT2D eigenvalue weighted by atomic mass is 10.2. The van der Waals surface area contributed by atoms with E-state index < -0.39 is 0 Å². The molecule has 3 heteroatoms. The molecule has 1 rings (SSSR count). The van der Waals surface area contributed by atoms with E-state index in [1.54, 1.807) is 0 Å². The molecule has 0 spiro atoms. The Morgan fingerprint density at radius 1 is 1.17 bits per heavy atom. The van der Waals surface area contributed by atoms with Crippen LogP contribution in [0.1, 0.15) is 39.1 Å². The molecule has 102 valence electrons. The van der Waals surface area contributed by atoms with Crippen molar-refractivity contribution < 1.29 is 4.74 Å². The third-order valence-electron chi connectivity index (χ3n) is 2.49. The van der Waals surface area contributed by atoms with Crippen molar-refractivity contribution in [1.82, 2.24) is 10.3 Å². The van der Waals surface area contributed by atoms with Gasteiger partial charge in [-0.05, 0) is 37.4 Å². The molecule has 1 aromatic heterocycles. The number of hydrogen-bond acceptors (Lipinski definition) is 3. The quantitative estimate of drug-likeness (QED) is 0.807. The Bertz CT molecular complexity index is 362. The summed E-state index contributed by atoms with van der Waals surface area (Å²) < 4.78 is 5.81. The number of rotatable bonds is 7. The maximum atomic E-state index is 5.81. The van der Waals surface area contributed by atoms with Crippen LogP contribution in [-0.4, -0.2) is 18.1 Å². The van der Waals surface area contributed by atoms with Crippen molar-refractivity contribution in [3.63, 3.8) is 0 Å². The fourth-order valence-corrected chi connectivity index (χ4v) is 1.59. The molecule has 0 amide bonds. The number of ether oxygens (including phenoxy) is 1. The summed E-state index contributed by atoms with van der Waals surface area (Å²) in [6.07, 6.45) is 0. The van der Waals surface area contributed by atoms with Crippen molar-refractivity contribution in [2.45, 2.75) is 41.2 Å². The van der Waals surface area contributed by atoms with Gasteiger partial charge in [-0.2, -0.15) is 0 Å². The van der Waals surface area contributed by atoms with E-state index in [-0.39, 0.29) is 0 Å². The Balaban J connectivity index is 2.64. The highest BCUT2D eigenvalue weighted by Crippen LogP contribution is 2.17. The second kappa shape index (κ2) is 7.37. The summed E-state index contributed by atoms with van der Waals surface area (Å²) in [5.41, 5.74) is 2.05. The topological polar surface area (TPSA) is 34.1 Å². The molecule has 0 bridgehead atoms. The molecule has 1 heterocycles. The van der Waals surface area contributed by atoms with E-state index in [4.69, 9.17) is 4.74 Å². The van der Waals surface area contributed by atoms with Crippen LogP contribution < -0.4 is 10.1 Å². The highest BCUT2D eigenvalue weighted by Gasteiger charge is 2.07. The number of nitrogens with zero attached hydrogens (tertiary/aromatic N) is 1. The van der Waals surface area contributed by atoms with Gasteiger partial charge in [-0.1, -0.05) is 27.7 Å². The van der Waals surface area contributed by atoms with Gasteiger partial charge in [-0.15, -0.1) is 0 Å². The van der Waals surface area contributed by atoms with Gasteiger partial charge in [0.25, 0.3) is 0 Å². The molecule has 18 heavy (non-hydrogen) atoms. The molecule has 0 saturated heterocycles. The molecule has 0 aliphatic rings. The van der Waals surface area contributed by atoms with Crippen LogP contribution in [-0.2, 0) is 6.54 Å². The molecule has 0 aromatic carbocycles. The van der Waals surface area contributed by atoms with Gasteiger partial charge in [0.15, 0.2) is 0 Å². The zero-order valence-electron chi connectivity index (χ0n) is 12.3. The van der Waals surface area contributed by atoms with Crippen LogP contribution in [0, 0.1) is 18.8 Å². The van der Waals surface area contributed by atoms with Gasteiger partial charge in [-0.25, -0.2) is 0 Å². The Kier molecular flexibility index (Phi) is 6.13. The van der Waals surface area contributed by atoms with Crippen LogP contribution in [0.4, 0.5) is 0 Å². The lowest BCUT2D eigenvalue weighted by Gasteiger charge is -2.14. The van der Waals surface area contributed by atoms with Gasteiger partial charge in [0.1, 0.15) is 5.75 Å². The largest absolute Gasteiger partial charge is 0.491 e. The minimum atomic E-state index is 0.530. The third kappa shape index (κ3) is 5.50. The first-order valence-corrected chi connectivity index (χ1v) is 6.79. The molecule has 0 atom stereocenters. The summed E-state index contributed by atoms with van der Waals surface area (Å²) in [7, 11) is 0. The molecule has 0 fully saturated rings. The smallest absolute Gasteiger partial charge is 0.142 e. The summed E-state index contributed by atoms with van der Waals surface area (Å²) in [5.74, 6) is 2.09. The van der Waals surface area contributed by atoms with E-state index in [1.807, 2.05) is 19.1 Å². The fourth-order valence-electron chi connectivity index (χ4n) is 1.59. The van der Waals surface area contributed by atoms with Crippen LogP contribution in [0.2, 0.25) is 0 Å². The van der Waals surface area contributed by atoms with Gasteiger partial charge >= 0.3 is 0 Å². The zero-order chi connectivity index (χ0) is 13.5. The van der Waals surface area contributed by atoms with Gasteiger partial charge in [0, 0.05) is 12.2 Å². The summed E-state index contributed by atoms with van der Waals surface area (Å²) in [5, 5.41) is 3.41. The number of pyridine rings is 1. The van der Waals surface area contributed by atoms with Crippen molar-refractivity contribution >= 4 is 0 Å². The van der Waals surface area contributed by atoms with E-state index in [0.29, 0.717) is 11.8 Å². The first kappa shape index (κ1) is 15.0. The minimum Gasteiger partial charge on any atom is -0.491 e. The van der Waals surface area contributed by atoms with Gasteiger partial charge in [0.2, 0.25) is 0 Å². The summed E-state index contributed by atoms with van der Waals surface area (Å²) in [4.78, 5) is 4.56. The monoisotopic (exact) mass is 250 g/mol. The van der Waals surface area contributed by atoms with E-state index >= 15 is 0 Å². The average molecular weight is 250 g/mol. The normalized spacial score (nSPS) is 11.3. The Morgan fingerprint density at radius 2 is 1.89 bits per heavy atom. The molecular weight excluding hydrogens is 224 g/mol. The molecule has 0 unspecified atom stereocenters. The average Bonchev–Trinajstić information content (AvgIpc) is 2.27. The van der Waals surface area contributed by atoms with E-state index in [9.17, 15) is 0 Å². The van der Waals surface area contributed by atoms with Crippen molar-refractivity contribution in [1.29, 1.82) is 0 Å². The number of aromatic nitrogens is 1. The minimum absolute atomic E-state index is 0.530. The molecule has 0 saturated carbocycles. The van der Waals surface area contributed by atoms with E-state index in [1.165, 1.54) is 0 Å². The van der Waals surface area contributed by atoms with Gasteiger partial charge < -0.3 is 10.1 Å². The summed E-state index contributed by atoms with van der Waals surface area (Å²) in [6, 6.07) is 4.03. The second-order valence-corrected chi connectivity index (χ2v) is 5.63. The van der Waals surface area contributed by atoms with Crippen molar-refractivity contribution in [3.05, 3.63) is 23.5 Å². The van der Waals surface area contributed by atoms with Crippen LogP contribution >= 0.6 is 0 Å². The standard InChI is InChI=1S/C15H26N2O/c1-11(2)8-16-9-14-15(18-10-12(3)4)7-6-13(5)17-14/h6-7,11-12,16H,8-10H2,1-5H3. The second-order valence-electron chi connectivity index (χ2n) is 5.63. The highest BCUT2D eigenvalue weighted by molar-refractivity contribution is 5.29. The molecule has 0 aliphatic heterocycles. The van der Waals surface area contributed by atoms with Crippen LogP contribution in [0.15, 0.2) is 12.1 Å². The lowest BCUT2D eigenvalue weighted by Crippen LogP contribution is -2.20. The van der Waals surface area contributed by atoms with Crippen molar-refractivity contribution in [2.75, 3.05) is 13.2 Å². The maximum Gasteiger partial charge on any atom is 0.142 e. The van der Waals surface area contributed by atoms with Crippen LogP contribution in [0.25, 0.3) is 0 Å². The summed E-state index contributed by atoms with van der Waals surface area (Å²) in [6.45, 7) is 13.2. The first-order chi connectivity index (χ1) is 8.49. The molecule has 0 aliphatic carbocycles. The number of nitrogens with one attached hydrogen (secondary N) is 1. The SMILES string of the molecule is Cc1ccc(OCC(C)C)c(CNCC(C)C)n1. The number of aryl methyl sites for hydroxylation is 1. The summed E-state index contributed by atoms with van der Waals surface area (Å²) >= 11 is 0. The molecule has 1 N–H and O–H groups in total. The Hall–Kier alpha value is -1.09. The predicted octanol–water partition coefficient (Wildman–Crippen LogP) is 3.17. The van der Waals surface area contributed by atoms with Crippen LogP contribution in [0.5, 0.6) is 5.75 Å². The zero-order valence-corrected chi connectivity index (χ0v) is 12.3. The lowest BCUT2D eigenvalue weighted by molar-refractivity contribution is 0.266. The highest BCUT2D eigenvalue weighted by atomic mass is 16.5. The molecular formula is C15H26N2O. The van der Waals surface area contributed by atoms with Crippen molar-refractivity contribution in [2.24, 2.45) is 11.8 Å². The Morgan fingerprint density at radius 3 is 2.50 bits per heavy atom. The van der Waals surface area contributed by atoms with E-state index in [2.05, 4.69) is 38.0 Å². The van der Waals surface area contributed by atoms with Crippen LogP contribution in [0.3, 0.4) is 0 Å². The van der Waals surface area contributed by atoms with Gasteiger partial charge in [0.05, 0.1) is 12.3 Å². The molecule has 3 nitrogen and oxygen atoms in total. The van der Waals surface area contributed by atoms with Crippen molar-refractivity contribution in [3.8, 4) is 5.75 Å². The third-order valence-corrected chi connectivity index (χ3v) is 2.49. The maximum absolute atomic E-state index is 5.81. The Labute approximate surface area is 111 Å². The van der Waals surface area contributed by atoms with E-state index in [0.717, 1.165) is 36.8 Å². The fraction of sp³-hybridized carbons (Fsp3) is 0.667. The van der Waals surface area contributed by atoms with Gasteiger partial charge in [-0.3, -0.25) is 4.98 Å². The first-order valence-electron chi connectivity index (χ1n) is 6.79. The predicted molar refractivity (Wildman–Crippen MR) is 75.9 cm³/mol.